The number of aromatic nitrogens is 1. The zero-order valence-corrected chi connectivity index (χ0v) is 14.6. The number of hydrogen-bond acceptors (Lipinski definition) is 5. The van der Waals surface area contributed by atoms with Gasteiger partial charge in [0.1, 0.15) is 5.52 Å². The van der Waals surface area contributed by atoms with E-state index < -0.39 is 10.9 Å². The van der Waals surface area contributed by atoms with Crippen molar-refractivity contribution in [3.05, 3.63) is 94.7 Å². The summed E-state index contributed by atoms with van der Waals surface area (Å²) < 4.78 is 5.32. The number of benzene rings is 3. The van der Waals surface area contributed by atoms with Gasteiger partial charge in [0.05, 0.1) is 4.92 Å². The molecule has 136 valence electrons. The maximum Gasteiger partial charge on any atom is 0.336 e. The van der Waals surface area contributed by atoms with Gasteiger partial charge in [-0.2, -0.15) is 0 Å². The number of carbonyl (C=O) groups excluding carboxylic acids is 1. The lowest BCUT2D eigenvalue weighted by atomic mass is 10.0. The minimum Gasteiger partial charge on any atom is -0.414 e. The molecule has 4 aromatic rings. The molecule has 0 N–H and O–H groups in total. The highest BCUT2D eigenvalue weighted by Crippen LogP contribution is 2.34. The Morgan fingerprint density at radius 1 is 0.964 bits per heavy atom. The van der Waals surface area contributed by atoms with Crippen LogP contribution in [0.5, 0.6) is 5.75 Å². The zero-order chi connectivity index (χ0) is 19.5. The van der Waals surface area contributed by atoms with E-state index in [1.165, 1.54) is 18.3 Å². The summed E-state index contributed by atoms with van der Waals surface area (Å²) in [7, 11) is 0. The Hall–Kier alpha value is -4.06. The van der Waals surface area contributed by atoms with Gasteiger partial charge in [-0.15, -0.1) is 0 Å². The summed E-state index contributed by atoms with van der Waals surface area (Å²) >= 11 is 0. The monoisotopic (exact) mass is 370 g/mol. The molecule has 0 amide bonds. The van der Waals surface area contributed by atoms with Gasteiger partial charge < -0.3 is 4.74 Å². The standard InChI is InChI=1S/C22H14N2O4/c25-20(13-11-16-7-3-6-15-5-1-2-9-18(15)16)28-22-19(24(26)27)12-10-17-8-4-14-23-21(17)22/h1-14H/b13-11+. The molecule has 1 aromatic heterocycles. The van der Waals surface area contributed by atoms with Gasteiger partial charge >= 0.3 is 11.7 Å². The fraction of sp³-hybridized carbons (Fsp3) is 0. The molecule has 6 nitrogen and oxygen atoms in total. The molecule has 6 heteroatoms. The van der Waals surface area contributed by atoms with Crippen molar-refractivity contribution in [2.75, 3.05) is 0 Å². The Bertz CT molecular complexity index is 1240. The smallest absolute Gasteiger partial charge is 0.336 e. The lowest BCUT2D eigenvalue weighted by Gasteiger charge is -2.06. The van der Waals surface area contributed by atoms with Gasteiger partial charge in [-0.25, -0.2) is 4.79 Å². The van der Waals surface area contributed by atoms with Crippen LogP contribution in [0.3, 0.4) is 0 Å². The molecular formula is C22H14N2O4. The molecule has 28 heavy (non-hydrogen) atoms. The van der Waals surface area contributed by atoms with Gasteiger partial charge in [0.15, 0.2) is 0 Å². The lowest BCUT2D eigenvalue weighted by molar-refractivity contribution is -0.385. The maximum atomic E-state index is 12.4. The van der Waals surface area contributed by atoms with E-state index in [0.29, 0.717) is 5.39 Å². The molecule has 0 fully saturated rings. The van der Waals surface area contributed by atoms with Gasteiger partial charge in [0.2, 0.25) is 5.75 Å². The largest absolute Gasteiger partial charge is 0.414 e. The van der Waals surface area contributed by atoms with Gasteiger partial charge in [0.25, 0.3) is 0 Å². The van der Waals surface area contributed by atoms with Crippen molar-refractivity contribution in [2.45, 2.75) is 0 Å². The molecule has 0 aliphatic rings. The molecule has 0 spiro atoms. The molecular weight excluding hydrogens is 356 g/mol. The molecule has 0 saturated heterocycles. The van der Waals surface area contributed by atoms with Crippen LogP contribution < -0.4 is 4.74 Å². The highest BCUT2D eigenvalue weighted by atomic mass is 16.6. The third-order valence-corrected chi connectivity index (χ3v) is 4.33. The van der Waals surface area contributed by atoms with Gasteiger partial charge in [0, 0.05) is 23.7 Å². The molecule has 3 aromatic carbocycles. The van der Waals surface area contributed by atoms with E-state index in [1.54, 1.807) is 24.3 Å². The number of fused-ring (bicyclic) bond motifs is 2. The van der Waals surface area contributed by atoms with Crippen LogP contribution in [0.4, 0.5) is 5.69 Å². The van der Waals surface area contributed by atoms with Crippen LogP contribution in [-0.2, 0) is 4.79 Å². The second kappa shape index (κ2) is 7.28. The van der Waals surface area contributed by atoms with Crippen molar-refractivity contribution in [2.24, 2.45) is 0 Å². The third-order valence-electron chi connectivity index (χ3n) is 4.33. The van der Waals surface area contributed by atoms with E-state index in [1.807, 2.05) is 42.5 Å². The first-order valence-electron chi connectivity index (χ1n) is 8.53. The second-order valence-electron chi connectivity index (χ2n) is 6.07. The summed E-state index contributed by atoms with van der Waals surface area (Å²) in [4.78, 5) is 27.3. The van der Waals surface area contributed by atoms with Gasteiger partial charge in [-0.1, -0.05) is 48.5 Å². The molecule has 0 atom stereocenters. The molecule has 0 unspecified atom stereocenters. The van der Waals surface area contributed by atoms with Crippen LogP contribution in [-0.4, -0.2) is 15.9 Å². The van der Waals surface area contributed by atoms with Gasteiger partial charge in [-0.3, -0.25) is 15.1 Å². The first kappa shape index (κ1) is 17.4. The van der Waals surface area contributed by atoms with Crippen molar-refractivity contribution in [1.82, 2.24) is 4.98 Å². The molecule has 1 heterocycles. The number of esters is 1. The predicted molar refractivity (Wildman–Crippen MR) is 107 cm³/mol. The first-order valence-corrected chi connectivity index (χ1v) is 8.53. The molecule has 0 aliphatic carbocycles. The zero-order valence-electron chi connectivity index (χ0n) is 14.6. The van der Waals surface area contributed by atoms with E-state index in [2.05, 4.69) is 4.98 Å². The predicted octanol–water partition coefficient (Wildman–Crippen LogP) is 4.92. The third kappa shape index (κ3) is 3.31. The maximum absolute atomic E-state index is 12.4. The Labute approximate surface area is 159 Å². The number of nitro groups is 1. The molecule has 0 aliphatic heterocycles. The van der Waals surface area contributed by atoms with Crippen LogP contribution in [0.1, 0.15) is 5.56 Å². The number of carbonyl (C=O) groups is 1. The summed E-state index contributed by atoms with van der Waals surface area (Å²) in [5.41, 5.74) is 0.808. The fourth-order valence-corrected chi connectivity index (χ4v) is 3.04. The Morgan fingerprint density at radius 3 is 2.61 bits per heavy atom. The Morgan fingerprint density at radius 2 is 1.75 bits per heavy atom. The van der Waals surface area contributed by atoms with Crippen molar-refractivity contribution >= 4 is 39.4 Å². The van der Waals surface area contributed by atoms with Crippen molar-refractivity contribution in [3.63, 3.8) is 0 Å². The van der Waals surface area contributed by atoms with Gasteiger partial charge in [-0.05, 0) is 34.5 Å². The Kier molecular flexibility index (Phi) is 4.51. The minimum absolute atomic E-state index is 0.157. The molecule has 4 rings (SSSR count). The summed E-state index contributed by atoms with van der Waals surface area (Å²) in [6.07, 6.45) is 4.39. The van der Waals surface area contributed by atoms with E-state index in [-0.39, 0.29) is 17.0 Å². The molecule has 0 saturated carbocycles. The van der Waals surface area contributed by atoms with Crippen LogP contribution in [0, 0.1) is 10.1 Å². The van der Waals surface area contributed by atoms with Crippen LogP contribution in [0.15, 0.2) is 79.0 Å². The second-order valence-corrected chi connectivity index (χ2v) is 6.07. The summed E-state index contributed by atoms with van der Waals surface area (Å²) in [6.45, 7) is 0. The number of nitrogens with zero attached hydrogens (tertiary/aromatic N) is 2. The number of ether oxygens (including phenoxy) is 1. The van der Waals surface area contributed by atoms with Crippen molar-refractivity contribution in [3.8, 4) is 5.75 Å². The average molecular weight is 370 g/mol. The van der Waals surface area contributed by atoms with Crippen molar-refractivity contribution < 1.29 is 14.5 Å². The fourth-order valence-electron chi connectivity index (χ4n) is 3.04. The van der Waals surface area contributed by atoms with E-state index >= 15 is 0 Å². The molecule has 0 radical (unpaired) electrons. The van der Waals surface area contributed by atoms with Crippen LogP contribution in [0.25, 0.3) is 27.8 Å². The number of nitro benzene ring substituents is 1. The normalized spacial score (nSPS) is 11.1. The van der Waals surface area contributed by atoms with Crippen LogP contribution >= 0.6 is 0 Å². The topological polar surface area (TPSA) is 82.3 Å². The number of hydrogen-bond donors (Lipinski definition) is 0. The quantitative estimate of drug-likeness (QED) is 0.167. The SMILES string of the molecule is O=C(/C=C/c1cccc2ccccc12)Oc1c([N+](=O)[O-])ccc2cccnc12. The lowest BCUT2D eigenvalue weighted by Crippen LogP contribution is -2.07. The van der Waals surface area contributed by atoms with E-state index in [9.17, 15) is 14.9 Å². The molecule has 0 bridgehead atoms. The highest BCUT2D eigenvalue weighted by molar-refractivity contribution is 5.97. The number of rotatable bonds is 4. The van der Waals surface area contributed by atoms with E-state index in [0.717, 1.165) is 16.3 Å². The van der Waals surface area contributed by atoms with Crippen molar-refractivity contribution in [1.29, 1.82) is 0 Å². The minimum atomic E-state index is -0.714. The Balaban J connectivity index is 1.68. The summed E-state index contributed by atoms with van der Waals surface area (Å²) in [5.74, 6) is -0.871. The summed E-state index contributed by atoms with van der Waals surface area (Å²) in [6, 6.07) is 19.9. The first-order chi connectivity index (χ1) is 13.6. The van der Waals surface area contributed by atoms with E-state index in [4.69, 9.17) is 4.74 Å². The highest BCUT2D eigenvalue weighted by Gasteiger charge is 2.21. The average Bonchev–Trinajstić information content (AvgIpc) is 2.72. The van der Waals surface area contributed by atoms with Crippen LogP contribution in [0.2, 0.25) is 0 Å². The number of pyridine rings is 1. The summed E-state index contributed by atoms with van der Waals surface area (Å²) in [5, 5.41) is 14.0.